The topological polar surface area (TPSA) is 74.8 Å². The summed E-state index contributed by atoms with van der Waals surface area (Å²) in [6.07, 6.45) is 5.96. The molecule has 0 saturated heterocycles. The average Bonchev–Trinajstić information content (AvgIpc) is 3.14. The molecule has 98 valence electrons. The number of aromatic nitrogens is 4. The third-order valence-corrected chi connectivity index (χ3v) is 3.09. The predicted molar refractivity (Wildman–Crippen MR) is 69.3 cm³/mol. The molecule has 19 heavy (non-hydrogen) atoms. The van der Waals surface area contributed by atoms with Crippen molar-refractivity contribution in [1.29, 1.82) is 0 Å². The average molecular weight is 257 g/mol. The van der Waals surface area contributed by atoms with Gasteiger partial charge in [-0.3, -0.25) is 0 Å². The van der Waals surface area contributed by atoms with Crippen molar-refractivity contribution in [3.05, 3.63) is 60.3 Å². The summed E-state index contributed by atoms with van der Waals surface area (Å²) in [6, 6.07) is 7.87. The highest BCUT2D eigenvalue weighted by Crippen LogP contribution is 2.24. The first-order valence-corrected chi connectivity index (χ1v) is 6.06. The van der Waals surface area contributed by atoms with Gasteiger partial charge in [-0.2, -0.15) is 4.98 Å². The van der Waals surface area contributed by atoms with Gasteiger partial charge in [0.15, 0.2) is 0 Å². The smallest absolute Gasteiger partial charge is 0.240 e. The fourth-order valence-corrected chi connectivity index (χ4v) is 2.16. The van der Waals surface area contributed by atoms with Crippen molar-refractivity contribution in [2.24, 2.45) is 12.8 Å². The molecule has 1 atom stereocenters. The Morgan fingerprint density at radius 3 is 2.63 bits per heavy atom. The van der Waals surface area contributed by atoms with Gasteiger partial charge in [0.25, 0.3) is 0 Å². The van der Waals surface area contributed by atoms with Crippen LogP contribution in [0.3, 0.4) is 0 Å². The Balaban J connectivity index is 2.09. The van der Waals surface area contributed by atoms with E-state index in [-0.39, 0.29) is 12.6 Å². The number of rotatable bonds is 4. The van der Waals surface area contributed by atoms with Gasteiger partial charge in [-0.05, 0) is 24.3 Å². The van der Waals surface area contributed by atoms with Crippen LogP contribution in [-0.4, -0.2) is 19.3 Å². The molecule has 2 N–H and O–H groups in total. The normalized spacial score (nSPS) is 12.7. The second kappa shape index (κ2) is 4.74. The summed E-state index contributed by atoms with van der Waals surface area (Å²) in [7, 11) is 2.00. The van der Waals surface area contributed by atoms with Crippen LogP contribution in [0, 0.1) is 0 Å². The van der Waals surface area contributed by atoms with Crippen LogP contribution in [0.25, 0.3) is 0 Å². The van der Waals surface area contributed by atoms with E-state index in [0.29, 0.717) is 11.7 Å². The Bertz CT molecular complexity index is 652. The minimum atomic E-state index is -0.112. The second-order valence-electron chi connectivity index (χ2n) is 4.33. The molecule has 6 nitrogen and oxygen atoms in total. The van der Waals surface area contributed by atoms with E-state index in [1.165, 1.54) is 0 Å². The molecule has 3 aromatic heterocycles. The monoisotopic (exact) mass is 257 g/mol. The minimum Gasteiger partial charge on any atom is -0.352 e. The maximum Gasteiger partial charge on any atom is 0.240 e. The number of hydrogen-bond donors (Lipinski definition) is 1. The molecule has 0 fully saturated rings. The van der Waals surface area contributed by atoms with E-state index < -0.39 is 0 Å². The first-order chi connectivity index (χ1) is 9.29. The zero-order chi connectivity index (χ0) is 13.2. The molecule has 3 heterocycles. The lowest BCUT2D eigenvalue weighted by Crippen LogP contribution is -2.15. The second-order valence-corrected chi connectivity index (χ2v) is 4.33. The van der Waals surface area contributed by atoms with Crippen molar-refractivity contribution >= 4 is 0 Å². The van der Waals surface area contributed by atoms with Gasteiger partial charge in [0.05, 0.1) is 6.54 Å². The SMILES string of the molecule is Cn1cccc1[C@@H](c1noc(CN)n1)n1cccc1. The number of hydrogen-bond acceptors (Lipinski definition) is 4. The quantitative estimate of drug-likeness (QED) is 0.764. The molecule has 0 amide bonds. The molecule has 0 spiro atoms. The van der Waals surface area contributed by atoms with Crippen LogP contribution in [0.5, 0.6) is 0 Å². The third kappa shape index (κ3) is 2.06. The van der Waals surface area contributed by atoms with Gasteiger partial charge in [-0.1, -0.05) is 5.16 Å². The van der Waals surface area contributed by atoms with Crippen molar-refractivity contribution in [2.75, 3.05) is 0 Å². The minimum absolute atomic E-state index is 0.112. The van der Waals surface area contributed by atoms with Crippen LogP contribution in [-0.2, 0) is 13.6 Å². The van der Waals surface area contributed by atoms with Gasteiger partial charge < -0.3 is 19.4 Å². The Kier molecular flexibility index (Phi) is 2.92. The molecule has 0 aliphatic heterocycles. The summed E-state index contributed by atoms with van der Waals surface area (Å²) in [5.41, 5.74) is 6.61. The molecule has 3 rings (SSSR count). The van der Waals surface area contributed by atoms with Gasteiger partial charge in [-0.15, -0.1) is 0 Å². The Hall–Kier alpha value is -2.34. The molecular weight excluding hydrogens is 242 g/mol. The standard InChI is InChI=1S/C13H15N5O/c1-17-6-4-5-10(17)12(18-7-2-3-8-18)13-15-11(9-14)19-16-13/h2-8,12H,9,14H2,1H3/t12-/m0/s1. The Morgan fingerprint density at radius 2 is 2.05 bits per heavy atom. The molecule has 0 aliphatic rings. The highest BCUT2D eigenvalue weighted by atomic mass is 16.5. The summed E-state index contributed by atoms with van der Waals surface area (Å²) in [4.78, 5) is 4.35. The van der Waals surface area contributed by atoms with Crippen molar-refractivity contribution in [2.45, 2.75) is 12.6 Å². The van der Waals surface area contributed by atoms with E-state index in [4.69, 9.17) is 10.3 Å². The van der Waals surface area contributed by atoms with E-state index in [0.717, 1.165) is 5.69 Å². The lowest BCUT2D eigenvalue weighted by atomic mass is 10.2. The molecule has 3 aromatic rings. The molecule has 0 aliphatic carbocycles. The van der Waals surface area contributed by atoms with Crippen molar-refractivity contribution in [1.82, 2.24) is 19.3 Å². The van der Waals surface area contributed by atoms with Gasteiger partial charge in [-0.25, -0.2) is 0 Å². The maximum atomic E-state index is 5.52. The number of nitrogens with two attached hydrogens (primary N) is 1. The van der Waals surface area contributed by atoms with Crippen LogP contribution in [0.15, 0.2) is 47.4 Å². The van der Waals surface area contributed by atoms with Crippen LogP contribution < -0.4 is 5.73 Å². The lowest BCUT2D eigenvalue weighted by molar-refractivity contribution is 0.370. The van der Waals surface area contributed by atoms with E-state index in [1.807, 2.05) is 59.0 Å². The van der Waals surface area contributed by atoms with Crippen molar-refractivity contribution in [3.63, 3.8) is 0 Å². The molecule has 0 radical (unpaired) electrons. The van der Waals surface area contributed by atoms with E-state index in [2.05, 4.69) is 10.1 Å². The Labute approximate surface area is 110 Å². The Morgan fingerprint density at radius 1 is 1.26 bits per heavy atom. The fraction of sp³-hybridized carbons (Fsp3) is 0.231. The van der Waals surface area contributed by atoms with Gasteiger partial charge >= 0.3 is 0 Å². The summed E-state index contributed by atoms with van der Waals surface area (Å²) in [5.74, 6) is 1.06. The highest BCUT2D eigenvalue weighted by Gasteiger charge is 2.23. The summed E-state index contributed by atoms with van der Waals surface area (Å²) in [6.45, 7) is 0.249. The van der Waals surface area contributed by atoms with Crippen molar-refractivity contribution in [3.8, 4) is 0 Å². The maximum absolute atomic E-state index is 5.52. The largest absolute Gasteiger partial charge is 0.352 e. The van der Waals surface area contributed by atoms with Crippen LogP contribution >= 0.6 is 0 Å². The molecule has 0 saturated carbocycles. The molecular formula is C13H15N5O. The molecule has 0 aromatic carbocycles. The summed E-state index contributed by atoms with van der Waals surface area (Å²) in [5, 5.41) is 4.04. The van der Waals surface area contributed by atoms with Crippen LogP contribution in [0.1, 0.15) is 23.5 Å². The predicted octanol–water partition coefficient (Wildman–Crippen LogP) is 1.31. The molecule has 0 bridgehead atoms. The van der Waals surface area contributed by atoms with Gasteiger partial charge in [0, 0.05) is 31.3 Å². The number of nitrogens with zero attached hydrogens (tertiary/aromatic N) is 4. The lowest BCUT2D eigenvalue weighted by Gasteiger charge is -2.16. The van der Waals surface area contributed by atoms with Crippen molar-refractivity contribution < 1.29 is 4.52 Å². The van der Waals surface area contributed by atoms with E-state index >= 15 is 0 Å². The van der Waals surface area contributed by atoms with E-state index in [1.54, 1.807) is 0 Å². The molecule has 0 unspecified atom stereocenters. The van der Waals surface area contributed by atoms with Gasteiger partial charge in [0.2, 0.25) is 11.7 Å². The zero-order valence-corrected chi connectivity index (χ0v) is 10.6. The summed E-state index contributed by atoms with van der Waals surface area (Å²) < 4.78 is 9.21. The van der Waals surface area contributed by atoms with Gasteiger partial charge in [0.1, 0.15) is 6.04 Å². The zero-order valence-electron chi connectivity index (χ0n) is 10.6. The van der Waals surface area contributed by atoms with Crippen LogP contribution in [0.2, 0.25) is 0 Å². The summed E-state index contributed by atoms with van der Waals surface area (Å²) >= 11 is 0. The van der Waals surface area contributed by atoms with E-state index in [9.17, 15) is 0 Å². The first-order valence-electron chi connectivity index (χ1n) is 6.06. The first kappa shape index (κ1) is 11.7. The number of aryl methyl sites for hydroxylation is 1. The fourth-order valence-electron chi connectivity index (χ4n) is 2.16. The third-order valence-electron chi connectivity index (χ3n) is 3.09. The highest BCUT2D eigenvalue weighted by molar-refractivity contribution is 5.21. The molecule has 6 heteroatoms. The van der Waals surface area contributed by atoms with Crippen LogP contribution in [0.4, 0.5) is 0 Å².